The molecule has 0 amide bonds. The zero-order valence-corrected chi connectivity index (χ0v) is 12.1. The molecule has 0 heterocycles. The predicted octanol–water partition coefficient (Wildman–Crippen LogP) is 3.68. The Kier molecular flexibility index (Phi) is 4.70. The minimum atomic E-state index is -0.939. The van der Waals surface area contributed by atoms with Crippen molar-refractivity contribution >= 4 is 5.97 Å². The highest BCUT2D eigenvalue weighted by atomic mass is 19.1. The number of hydrogen-bond acceptors (Lipinski definition) is 2. The standard InChI is InChI=1S/C17H18FNO2/c1-11-6-7-14(9-16(11)18)12(2)19-10-13-4-3-5-15(8-13)17(20)21/h3-9,12,19H,10H2,1-2H3,(H,20,21). The molecule has 1 atom stereocenters. The summed E-state index contributed by atoms with van der Waals surface area (Å²) >= 11 is 0. The highest BCUT2D eigenvalue weighted by Crippen LogP contribution is 2.17. The number of carbonyl (C=O) groups is 1. The first-order chi connectivity index (χ1) is 9.97. The van der Waals surface area contributed by atoms with Crippen LogP contribution >= 0.6 is 0 Å². The van der Waals surface area contributed by atoms with Crippen molar-refractivity contribution in [1.29, 1.82) is 0 Å². The van der Waals surface area contributed by atoms with Crippen LogP contribution in [0.5, 0.6) is 0 Å². The number of aromatic carboxylic acids is 1. The van der Waals surface area contributed by atoms with E-state index in [-0.39, 0.29) is 17.4 Å². The van der Waals surface area contributed by atoms with Gasteiger partial charge in [0.05, 0.1) is 5.56 Å². The highest BCUT2D eigenvalue weighted by molar-refractivity contribution is 5.87. The molecule has 0 aliphatic carbocycles. The summed E-state index contributed by atoms with van der Waals surface area (Å²) in [6.07, 6.45) is 0. The number of benzene rings is 2. The van der Waals surface area contributed by atoms with E-state index >= 15 is 0 Å². The molecule has 3 nitrogen and oxygen atoms in total. The van der Waals surface area contributed by atoms with Gasteiger partial charge >= 0.3 is 5.97 Å². The number of carboxylic acid groups (broad SMARTS) is 1. The third-order valence-electron chi connectivity index (χ3n) is 3.48. The van der Waals surface area contributed by atoms with Crippen LogP contribution in [0.4, 0.5) is 4.39 Å². The van der Waals surface area contributed by atoms with Gasteiger partial charge in [0.15, 0.2) is 0 Å². The SMILES string of the molecule is Cc1ccc(C(C)NCc2cccc(C(=O)O)c2)cc1F. The fourth-order valence-corrected chi connectivity index (χ4v) is 2.08. The first-order valence-electron chi connectivity index (χ1n) is 6.79. The molecule has 0 saturated carbocycles. The van der Waals surface area contributed by atoms with Crippen molar-refractivity contribution in [2.24, 2.45) is 0 Å². The molecule has 0 aromatic heterocycles. The van der Waals surface area contributed by atoms with Crippen LogP contribution in [0.2, 0.25) is 0 Å². The average Bonchev–Trinajstić information content (AvgIpc) is 2.48. The Labute approximate surface area is 123 Å². The number of nitrogens with one attached hydrogen (secondary N) is 1. The second kappa shape index (κ2) is 6.50. The molecule has 0 fully saturated rings. The molecular weight excluding hydrogens is 269 g/mol. The van der Waals surface area contributed by atoms with Gasteiger partial charge in [-0.05, 0) is 48.7 Å². The van der Waals surface area contributed by atoms with Crippen LogP contribution in [0.1, 0.15) is 40.0 Å². The number of halogens is 1. The monoisotopic (exact) mass is 287 g/mol. The van der Waals surface area contributed by atoms with Gasteiger partial charge in [-0.25, -0.2) is 9.18 Å². The molecular formula is C17H18FNO2. The van der Waals surface area contributed by atoms with Crippen LogP contribution in [-0.2, 0) is 6.54 Å². The molecule has 110 valence electrons. The lowest BCUT2D eigenvalue weighted by molar-refractivity contribution is 0.0696. The number of aryl methyl sites for hydroxylation is 1. The fourth-order valence-electron chi connectivity index (χ4n) is 2.08. The Balaban J connectivity index is 2.03. The second-order valence-electron chi connectivity index (χ2n) is 5.12. The van der Waals surface area contributed by atoms with E-state index < -0.39 is 5.97 Å². The maximum atomic E-state index is 13.6. The summed E-state index contributed by atoms with van der Waals surface area (Å²) in [5.41, 5.74) is 2.64. The Hall–Kier alpha value is -2.20. The molecule has 0 radical (unpaired) electrons. The second-order valence-corrected chi connectivity index (χ2v) is 5.12. The normalized spacial score (nSPS) is 12.1. The van der Waals surface area contributed by atoms with Gasteiger partial charge in [0.1, 0.15) is 5.82 Å². The third kappa shape index (κ3) is 3.89. The van der Waals surface area contributed by atoms with Crippen LogP contribution in [-0.4, -0.2) is 11.1 Å². The Morgan fingerprint density at radius 2 is 2.05 bits per heavy atom. The molecule has 2 rings (SSSR count). The van der Waals surface area contributed by atoms with E-state index in [0.29, 0.717) is 12.1 Å². The molecule has 0 spiro atoms. The topological polar surface area (TPSA) is 49.3 Å². The zero-order chi connectivity index (χ0) is 15.4. The van der Waals surface area contributed by atoms with Gasteiger partial charge in [0.2, 0.25) is 0 Å². The molecule has 4 heteroatoms. The summed E-state index contributed by atoms with van der Waals surface area (Å²) in [5.74, 6) is -1.15. The van der Waals surface area contributed by atoms with Crippen molar-refractivity contribution in [2.45, 2.75) is 26.4 Å². The van der Waals surface area contributed by atoms with Gasteiger partial charge in [-0.1, -0.05) is 24.3 Å². The van der Waals surface area contributed by atoms with Crippen molar-refractivity contribution in [3.8, 4) is 0 Å². The van der Waals surface area contributed by atoms with Gasteiger partial charge in [-0.2, -0.15) is 0 Å². The maximum absolute atomic E-state index is 13.6. The quantitative estimate of drug-likeness (QED) is 0.882. The number of rotatable bonds is 5. The van der Waals surface area contributed by atoms with Crippen LogP contribution in [0.25, 0.3) is 0 Å². The van der Waals surface area contributed by atoms with E-state index in [1.54, 1.807) is 31.2 Å². The van der Waals surface area contributed by atoms with E-state index in [2.05, 4.69) is 5.32 Å². The van der Waals surface area contributed by atoms with Gasteiger partial charge in [-0.3, -0.25) is 0 Å². The van der Waals surface area contributed by atoms with Crippen molar-refractivity contribution in [3.05, 3.63) is 70.5 Å². The largest absolute Gasteiger partial charge is 0.478 e. The molecule has 21 heavy (non-hydrogen) atoms. The Morgan fingerprint density at radius 1 is 1.29 bits per heavy atom. The predicted molar refractivity (Wildman–Crippen MR) is 79.8 cm³/mol. The number of carboxylic acids is 1. The van der Waals surface area contributed by atoms with Gasteiger partial charge in [0.25, 0.3) is 0 Å². The maximum Gasteiger partial charge on any atom is 0.335 e. The molecule has 2 aromatic rings. The van der Waals surface area contributed by atoms with Crippen LogP contribution in [0, 0.1) is 12.7 Å². The Morgan fingerprint density at radius 3 is 2.71 bits per heavy atom. The third-order valence-corrected chi connectivity index (χ3v) is 3.48. The summed E-state index contributed by atoms with van der Waals surface area (Å²) < 4.78 is 13.6. The fraction of sp³-hybridized carbons (Fsp3) is 0.235. The lowest BCUT2D eigenvalue weighted by Gasteiger charge is -2.15. The number of hydrogen-bond donors (Lipinski definition) is 2. The zero-order valence-electron chi connectivity index (χ0n) is 12.1. The minimum Gasteiger partial charge on any atom is -0.478 e. The van der Waals surface area contributed by atoms with Gasteiger partial charge in [-0.15, -0.1) is 0 Å². The van der Waals surface area contributed by atoms with E-state index in [4.69, 9.17) is 5.11 Å². The van der Waals surface area contributed by atoms with Crippen molar-refractivity contribution in [2.75, 3.05) is 0 Å². The van der Waals surface area contributed by atoms with Gasteiger partial charge in [0, 0.05) is 12.6 Å². The highest BCUT2D eigenvalue weighted by Gasteiger charge is 2.08. The lowest BCUT2D eigenvalue weighted by atomic mass is 10.1. The van der Waals surface area contributed by atoms with Gasteiger partial charge < -0.3 is 10.4 Å². The van der Waals surface area contributed by atoms with E-state index in [9.17, 15) is 9.18 Å². The van der Waals surface area contributed by atoms with E-state index in [1.807, 2.05) is 19.1 Å². The smallest absolute Gasteiger partial charge is 0.335 e. The summed E-state index contributed by atoms with van der Waals surface area (Å²) in [6, 6.07) is 11.9. The summed E-state index contributed by atoms with van der Waals surface area (Å²) in [5, 5.41) is 12.2. The summed E-state index contributed by atoms with van der Waals surface area (Å²) in [4.78, 5) is 10.9. The molecule has 0 bridgehead atoms. The lowest BCUT2D eigenvalue weighted by Crippen LogP contribution is -2.18. The van der Waals surface area contributed by atoms with Crippen molar-refractivity contribution < 1.29 is 14.3 Å². The summed E-state index contributed by atoms with van der Waals surface area (Å²) in [6.45, 7) is 4.21. The average molecular weight is 287 g/mol. The molecule has 2 aromatic carbocycles. The minimum absolute atomic E-state index is 0.0198. The van der Waals surface area contributed by atoms with Crippen LogP contribution in [0.15, 0.2) is 42.5 Å². The van der Waals surface area contributed by atoms with Crippen LogP contribution in [0.3, 0.4) is 0 Å². The molecule has 0 saturated heterocycles. The molecule has 1 unspecified atom stereocenters. The van der Waals surface area contributed by atoms with Crippen LogP contribution < -0.4 is 5.32 Å². The summed E-state index contributed by atoms with van der Waals surface area (Å²) in [7, 11) is 0. The first kappa shape index (κ1) is 15.2. The Bertz CT molecular complexity index is 655. The van der Waals surface area contributed by atoms with Crippen molar-refractivity contribution in [3.63, 3.8) is 0 Å². The first-order valence-corrected chi connectivity index (χ1v) is 6.79. The molecule has 2 N–H and O–H groups in total. The molecule has 0 aliphatic rings. The van der Waals surface area contributed by atoms with E-state index in [0.717, 1.165) is 11.1 Å². The van der Waals surface area contributed by atoms with E-state index in [1.165, 1.54) is 6.07 Å². The molecule has 0 aliphatic heterocycles. The van der Waals surface area contributed by atoms with Crippen molar-refractivity contribution in [1.82, 2.24) is 5.32 Å².